The van der Waals surface area contributed by atoms with Crippen molar-refractivity contribution in [1.29, 1.82) is 0 Å². The van der Waals surface area contributed by atoms with Gasteiger partial charge in [0.25, 0.3) is 0 Å². The van der Waals surface area contributed by atoms with Gasteiger partial charge < -0.3 is 18.3 Å². The largest absolute Gasteiger partial charge is 0.315 e. The highest BCUT2D eigenvalue weighted by Gasteiger charge is 2.53. The molecule has 520 valence electrons. The first-order chi connectivity index (χ1) is 55.6. The molecule has 0 bridgehead atoms. The van der Waals surface area contributed by atoms with Gasteiger partial charge in [-0.1, -0.05) is 303 Å². The van der Waals surface area contributed by atoms with Crippen LogP contribution in [0, 0.1) is 0 Å². The van der Waals surface area contributed by atoms with E-state index in [1.165, 1.54) is 188 Å². The lowest BCUT2D eigenvalue weighted by atomic mass is 9.70. The molecule has 0 fully saturated rings. The summed E-state index contributed by atoms with van der Waals surface area (Å²) >= 11 is 0. The summed E-state index contributed by atoms with van der Waals surface area (Å²) in [6, 6.07) is 148. The summed E-state index contributed by atoms with van der Waals surface area (Å²) in [6.45, 7) is 0. The summed E-state index contributed by atoms with van der Waals surface area (Å²) in [5.41, 5.74) is 40.1. The minimum atomic E-state index is -0.364. The van der Waals surface area contributed by atoms with Crippen LogP contribution in [-0.4, -0.2) is 18.3 Å². The van der Waals surface area contributed by atoms with Crippen molar-refractivity contribution in [2.45, 2.75) is 10.8 Å². The highest BCUT2D eigenvalue weighted by molar-refractivity contribution is 6.20. The Hall–Kier alpha value is -14.6. The third kappa shape index (κ3) is 8.66. The molecule has 4 heterocycles. The molecular formula is C108H68N4. The van der Waals surface area contributed by atoms with E-state index in [1.807, 2.05) is 0 Å². The van der Waals surface area contributed by atoms with Gasteiger partial charge in [-0.2, -0.15) is 0 Å². The minimum absolute atomic E-state index is 0.349. The molecule has 4 heteroatoms. The molecule has 4 aliphatic rings. The highest BCUT2D eigenvalue weighted by atomic mass is 15.0. The SMILES string of the molecule is c1ccc(-n2ccc3ccc4c5cc(-c6ccc(-c7ccc8c(c7)C7(c9ccccc9-c9ccccc97)c7ccccc7-8)cc6)ccc5n(-c5ccccc5)c4c32)cc1.c1ccc(-n2ccc3ccc4c5cc(-c6ccc7c(c6)C6(c8ccccc8-c8ccccc86)c6ccccc6-7)ccc5n(-c5ccccc5)c4c32)cc1. The first-order valence-electron chi connectivity index (χ1n) is 38.9. The fourth-order valence-corrected chi connectivity index (χ4v) is 20.5. The molecule has 0 amide bonds. The van der Waals surface area contributed by atoms with E-state index >= 15 is 0 Å². The highest BCUT2D eigenvalue weighted by Crippen LogP contribution is 2.65. The van der Waals surface area contributed by atoms with E-state index in [-0.39, 0.29) is 10.8 Å². The van der Waals surface area contributed by atoms with Crippen molar-refractivity contribution in [3.63, 3.8) is 0 Å². The second-order valence-corrected chi connectivity index (χ2v) is 30.5. The molecule has 112 heavy (non-hydrogen) atoms. The van der Waals surface area contributed by atoms with Gasteiger partial charge in [0, 0.05) is 67.5 Å². The van der Waals surface area contributed by atoms with Crippen LogP contribution in [0.2, 0.25) is 0 Å². The van der Waals surface area contributed by atoms with E-state index in [9.17, 15) is 0 Å². The summed E-state index contributed by atoms with van der Waals surface area (Å²) < 4.78 is 9.57. The van der Waals surface area contributed by atoms with E-state index in [1.54, 1.807) is 0 Å². The molecule has 4 nitrogen and oxygen atoms in total. The summed E-state index contributed by atoms with van der Waals surface area (Å²) in [5.74, 6) is 0. The maximum atomic E-state index is 2.49. The number of fused-ring (bicyclic) bond motifs is 30. The van der Waals surface area contributed by atoms with Crippen molar-refractivity contribution < 1.29 is 0 Å². The fourth-order valence-electron chi connectivity index (χ4n) is 20.5. The van der Waals surface area contributed by atoms with Crippen LogP contribution in [0.5, 0.6) is 0 Å². The number of hydrogen-bond donors (Lipinski definition) is 0. The van der Waals surface area contributed by atoms with Gasteiger partial charge in [0.2, 0.25) is 0 Å². The lowest BCUT2D eigenvalue weighted by Gasteiger charge is -2.30. The predicted octanol–water partition coefficient (Wildman–Crippen LogP) is 27.1. The van der Waals surface area contributed by atoms with E-state index < -0.39 is 0 Å². The Morgan fingerprint density at radius 3 is 0.786 bits per heavy atom. The molecular weight excluding hydrogens is 1350 g/mol. The van der Waals surface area contributed by atoms with Crippen molar-refractivity contribution in [1.82, 2.24) is 18.3 Å². The Morgan fingerprint density at radius 1 is 0.170 bits per heavy atom. The summed E-state index contributed by atoms with van der Waals surface area (Å²) in [6.07, 6.45) is 4.40. The second kappa shape index (κ2) is 24.0. The van der Waals surface area contributed by atoms with Crippen molar-refractivity contribution in [3.8, 4) is 101 Å². The number of nitrogens with zero attached hydrogens (tertiary/aromatic N) is 4. The molecule has 25 rings (SSSR count). The van der Waals surface area contributed by atoms with Crippen LogP contribution >= 0.6 is 0 Å². The van der Waals surface area contributed by atoms with Crippen LogP contribution in [-0.2, 0) is 10.8 Å². The standard InChI is InChI=1S/C57H36N2.C51H32N2/c1-3-13-42(14-4-1)58-34-33-39-27-31-48-49-35-40(29-32-54(49)59(56(48)55(39)58)43-15-5-2-6-16-43)37-23-25-38(26-24-37)41-28-30-47-46-19-9-12-22-52(46)57(53(47)36-41)50-20-10-7-17-44(50)45-18-8-11-21-51(45)57;1-3-13-36(14-4-1)52-30-29-33-23-27-42-43-31-34(25-28-48(43)53(50(42)49(33)52)37-15-5-2-6-16-37)35-24-26-41-40-19-9-12-22-46(40)51(47(41)32-35)44-20-10-7-17-38(44)39-18-8-11-21-45(39)51/h1-36H;1-32H. The number of rotatable bonds is 7. The van der Waals surface area contributed by atoms with Gasteiger partial charge in [0.15, 0.2) is 0 Å². The van der Waals surface area contributed by atoms with Crippen LogP contribution < -0.4 is 0 Å². The number of aromatic nitrogens is 4. The minimum Gasteiger partial charge on any atom is -0.315 e. The summed E-state index contributed by atoms with van der Waals surface area (Å²) in [4.78, 5) is 0. The third-order valence-electron chi connectivity index (χ3n) is 25.1. The second-order valence-electron chi connectivity index (χ2n) is 30.5. The first-order valence-corrected chi connectivity index (χ1v) is 38.9. The molecule has 0 saturated carbocycles. The van der Waals surface area contributed by atoms with E-state index in [4.69, 9.17) is 0 Å². The maximum Gasteiger partial charge on any atom is 0.0788 e. The average Bonchev–Trinajstić information content (AvgIpc) is 1.51. The molecule has 17 aromatic carbocycles. The Balaban J connectivity index is 0.000000131. The van der Waals surface area contributed by atoms with Crippen LogP contribution in [0.15, 0.2) is 413 Å². The van der Waals surface area contributed by atoms with Crippen LogP contribution in [0.25, 0.3) is 166 Å². The zero-order valence-electron chi connectivity index (χ0n) is 61.0. The zero-order valence-corrected chi connectivity index (χ0v) is 61.0. The topological polar surface area (TPSA) is 19.7 Å². The van der Waals surface area contributed by atoms with E-state index in [0.29, 0.717) is 0 Å². The van der Waals surface area contributed by atoms with Crippen LogP contribution in [0.4, 0.5) is 0 Å². The van der Waals surface area contributed by atoms with Gasteiger partial charge in [-0.05, 0) is 219 Å². The maximum absolute atomic E-state index is 2.49. The van der Waals surface area contributed by atoms with Gasteiger partial charge in [-0.15, -0.1) is 0 Å². The van der Waals surface area contributed by atoms with Crippen LogP contribution in [0.1, 0.15) is 44.5 Å². The Bertz CT molecular complexity index is 7350. The first kappa shape index (κ1) is 62.5. The molecule has 0 N–H and O–H groups in total. The van der Waals surface area contributed by atoms with Crippen molar-refractivity contribution in [3.05, 3.63) is 457 Å². The molecule has 0 aliphatic heterocycles. The number of para-hydroxylation sites is 4. The quantitative estimate of drug-likeness (QED) is 0.152. The van der Waals surface area contributed by atoms with Crippen molar-refractivity contribution in [2.75, 3.05) is 0 Å². The Kier molecular flexibility index (Phi) is 13.4. The lowest BCUT2D eigenvalue weighted by molar-refractivity contribution is 0.794. The molecule has 2 spiro atoms. The molecule has 4 aromatic heterocycles. The molecule has 0 unspecified atom stereocenters. The van der Waals surface area contributed by atoms with Crippen LogP contribution in [0.3, 0.4) is 0 Å². The molecule has 0 saturated heterocycles. The molecule has 0 radical (unpaired) electrons. The van der Waals surface area contributed by atoms with E-state index in [0.717, 1.165) is 22.7 Å². The number of hydrogen-bond acceptors (Lipinski definition) is 0. The van der Waals surface area contributed by atoms with Gasteiger partial charge in [0.1, 0.15) is 0 Å². The predicted molar refractivity (Wildman–Crippen MR) is 464 cm³/mol. The third-order valence-corrected chi connectivity index (χ3v) is 25.1. The van der Waals surface area contributed by atoms with Gasteiger partial charge in [-0.3, -0.25) is 0 Å². The zero-order chi connectivity index (χ0) is 73.3. The Morgan fingerprint density at radius 2 is 0.438 bits per heavy atom. The Labute approximate surface area is 648 Å². The average molecular weight is 1420 g/mol. The summed E-state index contributed by atoms with van der Waals surface area (Å²) in [5, 5.41) is 7.43. The monoisotopic (exact) mass is 1420 g/mol. The van der Waals surface area contributed by atoms with Gasteiger partial charge in [-0.25, -0.2) is 0 Å². The van der Waals surface area contributed by atoms with Crippen molar-refractivity contribution >= 4 is 65.4 Å². The normalized spacial score (nSPS) is 13.3. The molecule has 21 aromatic rings. The van der Waals surface area contributed by atoms with Gasteiger partial charge >= 0.3 is 0 Å². The van der Waals surface area contributed by atoms with E-state index in [2.05, 4.69) is 431 Å². The molecule has 4 aliphatic carbocycles. The fraction of sp³-hybridized carbons (Fsp3) is 0.0185. The molecule has 0 atom stereocenters. The lowest BCUT2D eigenvalue weighted by Crippen LogP contribution is -2.25. The summed E-state index contributed by atoms with van der Waals surface area (Å²) in [7, 11) is 0. The number of benzene rings is 17. The van der Waals surface area contributed by atoms with Crippen molar-refractivity contribution in [2.24, 2.45) is 0 Å². The van der Waals surface area contributed by atoms with Gasteiger partial charge in [0.05, 0.1) is 43.9 Å². The smallest absolute Gasteiger partial charge is 0.0788 e.